The molecule has 0 saturated carbocycles. The van der Waals surface area contributed by atoms with Crippen LogP contribution in [0, 0.1) is 13.8 Å². The van der Waals surface area contributed by atoms with Gasteiger partial charge in [0.1, 0.15) is 6.61 Å². The van der Waals surface area contributed by atoms with E-state index in [1.165, 1.54) is 18.1 Å². The summed E-state index contributed by atoms with van der Waals surface area (Å²) in [7, 11) is 0. The van der Waals surface area contributed by atoms with Crippen molar-refractivity contribution in [3.8, 4) is 0 Å². The number of carbonyl (C=O) groups excluding carboxylic acids is 1. The van der Waals surface area contributed by atoms with Crippen LogP contribution < -0.4 is 0 Å². The van der Waals surface area contributed by atoms with Gasteiger partial charge in [0.05, 0.1) is 0 Å². The third-order valence-electron chi connectivity index (χ3n) is 1.93. The van der Waals surface area contributed by atoms with E-state index in [0.717, 1.165) is 5.56 Å². The minimum Gasteiger partial charge on any atom is -0.461 e. The lowest BCUT2D eigenvalue weighted by Crippen LogP contribution is -2.00. The molecule has 0 atom stereocenters. The summed E-state index contributed by atoms with van der Waals surface area (Å²) in [5.41, 5.74) is 3.46. The molecule has 1 aromatic rings. The molecule has 0 spiro atoms. The molecule has 2 nitrogen and oxygen atoms in total. The Morgan fingerprint density at radius 3 is 2.62 bits per heavy atom. The molecule has 0 aliphatic carbocycles. The van der Waals surface area contributed by atoms with Crippen LogP contribution in [0.3, 0.4) is 0 Å². The van der Waals surface area contributed by atoms with E-state index >= 15 is 0 Å². The predicted octanol–water partition coefficient (Wildman–Crippen LogP) is 2.37. The SMILES string of the molecule is CC(=O)OCc1ccc(C)cc1C. The Labute approximate surface area is 78.5 Å². The van der Waals surface area contributed by atoms with E-state index in [1.807, 2.05) is 26.0 Å². The van der Waals surface area contributed by atoms with Crippen LogP contribution in [0.25, 0.3) is 0 Å². The zero-order valence-corrected chi connectivity index (χ0v) is 8.26. The lowest BCUT2D eigenvalue weighted by Gasteiger charge is -2.06. The van der Waals surface area contributed by atoms with E-state index in [0.29, 0.717) is 6.61 Å². The van der Waals surface area contributed by atoms with Gasteiger partial charge in [-0.25, -0.2) is 0 Å². The minimum atomic E-state index is -0.236. The molecule has 0 aliphatic heterocycles. The summed E-state index contributed by atoms with van der Waals surface area (Å²) >= 11 is 0. The maximum Gasteiger partial charge on any atom is 0.302 e. The van der Waals surface area contributed by atoms with Crippen molar-refractivity contribution in [2.24, 2.45) is 0 Å². The van der Waals surface area contributed by atoms with E-state index in [4.69, 9.17) is 4.74 Å². The molecule has 0 N–H and O–H groups in total. The molecule has 0 fully saturated rings. The van der Waals surface area contributed by atoms with Crippen molar-refractivity contribution < 1.29 is 9.53 Å². The second-order valence-electron chi connectivity index (χ2n) is 3.21. The van der Waals surface area contributed by atoms with Crippen LogP contribution in [0.2, 0.25) is 0 Å². The van der Waals surface area contributed by atoms with E-state index in [-0.39, 0.29) is 5.97 Å². The molecule has 0 amide bonds. The first-order valence-electron chi connectivity index (χ1n) is 4.29. The van der Waals surface area contributed by atoms with Crippen LogP contribution >= 0.6 is 0 Å². The zero-order chi connectivity index (χ0) is 9.84. The van der Waals surface area contributed by atoms with Crippen LogP contribution in [0.5, 0.6) is 0 Å². The van der Waals surface area contributed by atoms with Crippen LogP contribution in [0.15, 0.2) is 18.2 Å². The summed E-state index contributed by atoms with van der Waals surface area (Å²) in [4.78, 5) is 10.6. The molecule has 70 valence electrons. The van der Waals surface area contributed by atoms with Gasteiger partial charge >= 0.3 is 5.97 Å². The molecule has 0 radical (unpaired) electrons. The second kappa shape index (κ2) is 4.08. The van der Waals surface area contributed by atoms with Crippen molar-refractivity contribution in [3.63, 3.8) is 0 Å². The Balaban J connectivity index is 2.72. The minimum absolute atomic E-state index is 0.236. The Kier molecular flexibility index (Phi) is 3.07. The number of benzene rings is 1. The molecule has 0 saturated heterocycles. The normalized spacial score (nSPS) is 9.77. The molecule has 13 heavy (non-hydrogen) atoms. The molecular weight excluding hydrogens is 164 g/mol. The van der Waals surface area contributed by atoms with Gasteiger partial charge in [0.2, 0.25) is 0 Å². The van der Waals surface area contributed by atoms with Gasteiger partial charge in [0.15, 0.2) is 0 Å². The van der Waals surface area contributed by atoms with Gasteiger partial charge in [-0.15, -0.1) is 0 Å². The topological polar surface area (TPSA) is 26.3 Å². The highest BCUT2D eigenvalue weighted by Crippen LogP contribution is 2.11. The molecule has 0 unspecified atom stereocenters. The fourth-order valence-electron chi connectivity index (χ4n) is 1.19. The highest BCUT2D eigenvalue weighted by atomic mass is 16.5. The molecule has 1 aromatic carbocycles. The number of aryl methyl sites for hydroxylation is 2. The Bertz CT molecular complexity index is 316. The fourth-order valence-corrected chi connectivity index (χ4v) is 1.19. The monoisotopic (exact) mass is 178 g/mol. The van der Waals surface area contributed by atoms with Crippen molar-refractivity contribution >= 4 is 5.97 Å². The van der Waals surface area contributed by atoms with Gasteiger partial charge in [-0.3, -0.25) is 4.79 Å². The number of rotatable bonds is 2. The number of ether oxygens (including phenoxy) is 1. The maximum atomic E-state index is 10.6. The Hall–Kier alpha value is -1.31. The van der Waals surface area contributed by atoms with E-state index in [2.05, 4.69) is 6.07 Å². The largest absolute Gasteiger partial charge is 0.461 e. The van der Waals surface area contributed by atoms with Crippen LogP contribution in [0.1, 0.15) is 23.6 Å². The summed E-state index contributed by atoms with van der Waals surface area (Å²) in [6.45, 7) is 5.86. The van der Waals surface area contributed by atoms with Crippen LogP contribution in [-0.2, 0) is 16.1 Å². The van der Waals surface area contributed by atoms with Crippen molar-refractivity contribution in [1.82, 2.24) is 0 Å². The first kappa shape index (κ1) is 9.78. The molecule has 0 bridgehead atoms. The van der Waals surface area contributed by atoms with E-state index in [9.17, 15) is 4.79 Å². The molecule has 0 heterocycles. The summed E-state index contributed by atoms with van der Waals surface area (Å²) in [5.74, 6) is -0.236. The third-order valence-corrected chi connectivity index (χ3v) is 1.93. The Morgan fingerprint density at radius 1 is 1.38 bits per heavy atom. The summed E-state index contributed by atoms with van der Waals surface area (Å²) < 4.78 is 4.91. The second-order valence-corrected chi connectivity index (χ2v) is 3.21. The lowest BCUT2D eigenvalue weighted by molar-refractivity contribution is -0.142. The standard InChI is InChI=1S/C11H14O2/c1-8-4-5-11(9(2)6-8)7-13-10(3)12/h4-6H,7H2,1-3H3. The predicted molar refractivity (Wildman–Crippen MR) is 51.4 cm³/mol. The average Bonchev–Trinajstić information content (AvgIpc) is 2.02. The summed E-state index contributed by atoms with van der Waals surface area (Å²) in [6, 6.07) is 6.10. The fraction of sp³-hybridized carbons (Fsp3) is 0.364. The van der Waals surface area contributed by atoms with Crippen molar-refractivity contribution in [2.75, 3.05) is 0 Å². The highest BCUT2D eigenvalue weighted by molar-refractivity contribution is 5.65. The smallest absolute Gasteiger partial charge is 0.302 e. The molecule has 2 heteroatoms. The number of hydrogen-bond donors (Lipinski definition) is 0. The quantitative estimate of drug-likeness (QED) is 0.650. The first-order chi connectivity index (χ1) is 6.09. The Morgan fingerprint density at radius 2 is 2.08 bits per heavy atom. The molecule has 0 aliphatic rings. The first-order valence-corrected chi connectivity index (χ1v) is 4.29. The highest BCUT2D eigenvalue weighted by Gasteiger charge is 1.99. The maximum absolute atomic E-state index is 10.6. The summed E-state index contributed by atoms with van der Waals surface area (Å²) in [6.07, 6.45) is 0. The third kappa shape index (κ3) is 2.90. The van der Waals surface area contributed by atoms with Crippen molar-refractivity contribution in [2.45, 2.75) is 27.4 Å². The van der Waals surface area contributed by atoms with Gasteiger partial charge in [-0.05, 0) is 25.0 Å². The van der Waals surface area contributed by atoms with Gasteiger partial charge in [-0.2, -0.15) is 0 Å². The van der Waals surface area contributed by atoms with Crippen molar-refractivity contribution in [3.05, 3.63) is 34.9 Å². The number of carbonyl (C=O) groups is 1. The van der Waals surface area contributed by atoms with Gasteiger partial charge in [0.25, 0.3) is 0 Å². The van der Waals surface area contributed by atoms with Crippen LogP contribution in [-0.4, -0.2) is 5.97 Å². The zero-order valence-electron chi connectivity index (χ0n) is 8.26. The number of hydrogen-bond acceptors (Lipinski definition) is 2. The number of esters is 1. The van der Waals surface area contributed by atoms with Crippen LogP contribution in [0.4, 0.5) is 0 Å². The molecule has 0 aromatic heterocycles. The van der Waals surface area contributed by atoms with Gasteiger partial charge in [0, 0.05) is 6.92 Å². The van der Waals surface area contributed by atoms with Gasteiger partial charge in [-0.1, -0.05) is 23.8 Å². The van der Waals surface area contributed by atoms with E-state index in [1.54, 1.807) is 0 Å². The lowest BCUT2D eigenvalue weighted by atomic mass is 10.1. The average molecular weight is 178 g/mol. The van der Waals surface area contributed by atoms with Crippen molar-refractivity contribution in [1.29, 1.82) is 0 Å². The summed E-state index contributed by atoms with van der Waals surface area (Å²) in [5, 5.41) is 0. The molecular formula is C11H14O2. The van der Waals surface area contributed by atoms with Gasteiger partial charge < -0.3 is 4.74 Å². The van der Waals surface area contributed by atoms with E-state index < -0.39 is 0 Å². The molecule has 1 rings (SSSR count).